The van der Waals surface area contributed by atoms with E-state index in [4.69, 9.17) is 5.11 Å². The van der Waals surface area contributed by atoms with Crippen LogP contribution in [-0.2, 0) is 9.84 Å². The summed E-state index contributed by atoms with van der Waals surface area (Å²) in [4.78, 5) is 0. The van der Waals surface area contributed by atoms with Gasteiger partial charge in [0.1, 0.15) is 12.9 Å². The summed E-state index contributed by atoms with van der Waals surface area (Å²) in [5, 5.41) is 17.8. The highest BCUT2D eigenvalue weighted by Crippen LogP contribution is 1.88. The Hall–Kier alpha value is -0.700. The van der Waals surface area contributed by atoms with Crippen molar-refractivity contribution in [1.29, 1.82) is 0 Å². The van der Waals surface area contributed by atoms with Crippen LogP contribution in [0.5, 0.6) is 0 Å². The number of ether oxygens (including phenoxy) is 1. The molecule has 0 amide bonds. The molecule has 0 heterocycles. The van der Waals surface area contributed by atoms with Crippen LogP contribution in [0.3, 0.4) is 0 Å². The summed E-state index contributed by atoms with van der Waals surface area (Å²) in [5.74, 6) is 0.0556. The monoisotopic (exact) mass is 103 g/mol. The molecule has 3 nitrogen and oxygen atoms in total. The second kappa shape index (κ2) is 3.49. The highest BCUT2D eigenvalue weighted by atomic mass is 16.5. The Labute approximate surface area is 41.8 Å². The molecule has 0 spiro atoms. The van der Waals surface area contributed by atoms with E-state index in [2.05, 4.69) is 4.74 Å². The van der Waals surface area contributed by atoms with Crippen LogP contribution in [-0.4, -0.2) is 18.8 Å². The molecule has 0 rings (SSSR count). The predicted molar refractivity (Wildman–Crippen MR) is 23.3 cm³/mol. The first-order valence-electron chi connectivity index (χ1n) is 1.80. The normalized spacial score (nSPS) is 11.4. The number of hydrogen-bond donors (Lipinski definition) is 1. The molecule has 0 aromatic carbocycles. The predicted octanol–water partition coefficient (Wildman–Crippen LogP) is 0.463. The fourth-order valence-electron chi connectivity index (χ4n) is 0.149. The summed E-state index contributed by atoms with van der Waals surface area (Å²) < 4.78 is 4.35. The Bertz CT molecular complexity index is 61.3. The fourth-order valence-corrected chi connectivity index (χ4v) is 0.149. The van der Waals surface area contributed by atoms with E-state index < -0.39 is 6.61 Å². The van der Waals surface area contributed by atoms with Crippen molar-refractivity contribution < 1.29 is 14.9 Å². The van der Waals surface area contributed by atoms with Gasteiger partial charge in [0.2, 0.25) is 0 Å². The molecule has 0 aromatic rings. The minimum atomic E-state index is -0.507. The third-order valence-electron chi connectivity index (χ3n) is 0.548. The quantitative estimate of drug-likeness (QED) is 0.516. The first-order valence-corrected chi connectivity index (χ1v) is 1.80. The van der Waals surface area contributed by atoms with E-state index in [-0.39, 0.29) is 5.76 Å². The lowest BCUT2D eigenvalue weighted by atomic mass is 10.6. The molecule has 3 heteroatoms. The van der Waals surface area contributed by atoms with Crippen LogP contribution in [0.4, 0.5) is 0 Å². The smallest absolute Gasteiger partial charge is 0.159 e. The molecule has 0 aliphatic carbocycles. The van der Waals surface area contributed by atoms with Crippen LogP contribution in [0.1, 0.15) is 0 Å². The average Bonchev–Trinajstić information content (AvgIpc) is 1.72. The van der Waals surface area contributed by atoms with Gasteiger partial charge in [0.25, 0.3) is 0 Å². The minimum absolute atomic E-state index is 0.0556. The van der Waals surface area contributed by atoms with Gasteiger partial charge >= 0.3 is 0 Å². The highest BCUT2D eigenvalue weighted by Gasteiger charge is 1.88. The van der Waals surface area contributed by atoms with Crippen molar-refractivity contribution in [3.8, 4) is 0 Å². The lowest BCUT2D eigenvalue weighted by Gasteiger charge is -1.94. The van der Waals surface area contributed by atoms with Gasteiger partial charge in [0.05, 0.1) is 7.11 Å². The van der Waals surface area contributed by atoms with Crippen LogP contribution in [0, 0.1) is 0 Å². The van der Waals surface area contributed by atoms with Crippen LogP contribution in [0.2, 0.25) is 0 Å². The fraction of sp³-hybridized carbons (Fsp3) is 0.500. The van der Waals surface area contributed by atoms with Gasteiger partial charge in [0, 0.05) is 0 Å². The number of hydrogen-bond acceptors (Lipinski definition) is 2. The Kier molecular flexibility index (Phi) is 3.14. The third kappa shape index (κ3) is 2.05. The SMILES string of the molecule is CO/C(=C\O)C[O]. The van der Waals surface area contributed by atoms with E-state index in [0.29, 0.717) is 6.26 Å². The molecule has 0 aliphatic rings. The van der Waals surface area contributed by atoms with Gasteiger partial charge in [-0.1, -0.05) is 0 Å². The minimum Gasteiger partial charge on any atom is -0.512 e. The molecule has 1 N–H and O–H groups in total. The maximum atomic E-state index is 9.74. The molecule has 0 atom stereocenters. The second-order valence-electron chi connectivity index (χ2n) is 0.944. The maximum absolute atomic E-state index is 9.74. The second-order valence-corrected chi connectivity index (χ2v) is 0.944. The van der Waals surface area contributed by atoms with Crippen molar-refractivity contribution in [3.05, 3.63) is 12.0 Å². The summed E-state index contributed by atoms with van der Waals surface area (Å²) >= 11 is 0. The molecule has 0 saturated heterocycles. The summed E-state index contributed by atoms with van der Waals surface area (Å²) in [6.45, 7) is -0.507. The largest absolute Gasteiger partial charge is 0.512 e. The molecule has 0 unspecified atom stereocenters. The number of methoxy groups -OCH3 is 1. The molecule has 0 aromatic heterocycles. The zero-order chi connectivity index (χ0) is 5.70. The van der Waals surface area contributed by atoms with Crippen LogP contribution in [0.25, 0.3) is 0 Å². The summed E-state index contributed by atoms with van der Waals surface area (Å²) in [6, 6.07) is 0. The first kappa shape index (κ1) is 6.30. The Morgan fingerprint density at radius 3 is 2.57 bits per heavy atom. The average molecular weight is 103 g/mol. The van der Waals surface area contributed by atoms with E-state index in [1.165, 1.54) is 7.11 Å². The molecular weight excluding hydrogens is 96.0 g/mol. The molecule has 0 aliphatic heterocycles. The van der Waals surface area contributed by atoms with E-state index in [9.17, 15) is 5.11 Å². The summed E-state index contributed by atoms with van der Waals surface area (Å²) in [6.07, 6.45) is 0.660. The first-order chi connectivity index (χ1) is 3.35. The molecule has 7 heavy (non-hydrogen) atoms. The zero-order valence-electron chi connectivity index (χ0n) is 4.05. The zero-order valence-corrected chi connectivity index (χ0v) is 4.05. The molecule has 0 bridgehead atoms. The Morgan fingerprint density at radius 1 is 2.00 bits per heavy atom. The standard InChI is InChI=1S/C4H7O3/c1-7-4(2-5)3-6/h2,5H,3H2,1H3/b4-2-. The van der Waals surface area contributed by atoms with Gasteiger partial charge in [-0.05, 0) is 0 Å². The van der Waals surface area contributed by atoms with E-state index in [1.54, 1.807) is 0 Å². The lowest BCUT2D eigenvalue weighted by Crippen LogP contribution is -1.89. The van der Waals surface area contributed by atoms with E-state index in [1.807, 2.05) is 0 Å². The molecule has 1 radical (unpaired) electrons. The van der Waals surface area contributed by atoms with Gasteiger partial charge in [-0.3, -0.25) is 0 Å². The Balaban J connectivity index is 3.38. The number of aliphatic hydroxyl groups is 1. The highest BCUT2D eigenvalue weighted by molar-refractivity contribution is 4.83. The van der Waals surface area contributed by atoms with E-state index >= 15 is 0 Å². The number of rotatable bonds is 2. The van der Waals surface area contributed by atoms with Crippen LogP contribution >= 0.6 is 0 Å². The maximum Gasteiger partial charge on any atom is 0.159 e. The van der Waals surface area contributed by atoms with E-state index in [0.717, 1.165) is 0 Å². The lowest BCUT2D eigenvalue weighted by molar-refractivity contribution is 0.145. The van der Waals surface area contributed by atoms with Crippen molar-refractivity contribution in [2.45, 2.75) is 0 Å². The van der Waals surface area contributed by atoms with Gasteiger partial charge in [-0.25, -0.2) is 5.11 Å². The van der Waals surface area contributed by atoms with Gasteiger partial charge < -0.3 is 9.84 Å². The molecular formula is C4H7O3. The van der Waals surface area contributed by atoms with Crippen LogP contribution in [0.15, 0.2) is 12.0 Å². The molecule has 41 valence electrons. The number of aliphatic hydroxyl groups excluding tert-OH is 1. The third-order valence-corrected chi connectivity index (χ3v) is 0.548. The van der Waals surface area contributed by atoms with Crippen molar-refractivity contribution in [1.82, 2.24) is 0 Å². The van der Waals surface area contributed by atoms with Crippen molar-refractivity contribution >= 4 is 0 Å². The van der Waals surface area contributed by atoms with Gasteiger partial charge in [-0.2, -0.15) is 0 Å². The summed E-state index contributed by atoms with van der Waals surface area (Å²) in [7, 11) is 1.33. The molecule has 0 fully saturated rings. The van der Waals surface area contributed by atoms with Gasteiger partial charge in [0.15, 0.2) is 5.76 Å². The van der Waals surface area contributed by atoms with Gasteiger partial charge in [-0.15, -0.1) is 0 Å². The summed E-state index contributed by atoms with van der Waals surface area (Å²) in [5.41, 5.74) is 0. The van der Waals surface area contributed by atoms with Crippen molar-refractivity contribution in [3.63, 3.8) is 0 Å². The molecule has 0 saturated carbocycles. The Morgan fingerprint density at radius 2 is 2.57 bits per heavy atom. The van der Waals surface area contributed by atoms with Crippen LogP contribution < -0.4 is 0 Å². The van der Waals surface area contributed by atoms with Crippen molar-refractivity contribution in [2.24, 2.45) is 0 Å². The van der Waals surface area contributed by atoms with Crippen molar-refractivity contribution in [2.75, 3.05) is 13.7 Å². The topological polar surface area (TPSA) is 49.4 Å².